The van der Waals surface area contributed by atoms with Gasteiger partial charge in [0.1, 0.15) is 0 Å². The molecule has 0 radical (unpaired) electrons. The number of anilines is 3. The Kier molecular flexibility index (Phi) is 8.11. The Morgan fingerprint density at radius 3 is 1.70 bits per heavy atom. The number of thiophene rings is 1. The van der Waals surface area contributed by atoms with Gasteiger partial charge in [-0.2, -0.15) is 0 Å². The molecule has 0 spiro atoms. The molecule has 11 aromatic carbocycles. The lowest BCUT2D eigenvalue weighted by molar-refractivity contribution is 1.30. The topological polar surface area (TPSA) is 3.24 Å². The predicted molar refractivity (Wildman–Crippen MR) is 260 cm³/mol. The number of nitrogens with zero attached hydrogens (tertiary/aromatic N) is 1. The van der Waals surface area contributed by atoms with Crippen LogP contribution in [-0.2, 0) is 0 Å². The molecule has 60 heavy (non-hydrogen) atoms. The summed E-state index contributed by atoms with van der Waals surface area (Å²) < 4.78 is 2.63. The number of hydrogen-bond acceptors (Lipinski definition) is 2. The standard InChI is InChI=1S/C58H37NS/c1-2-12-38(13-3-1)39-24-26-40(27-25-39)42-16-10-18-45(34-42)59(47-30-33-57-56(37-47)54-31-28-41-14-4-7-20-50(41)58(54)60-57)46-29-32-49-43(35-46)17-11-23-52(49)55-36-44-15-5-6-19-48(44)51-21-8-9-22-53(51)55/h1-37H. The largest absolute Gasteiger partial charge is 0.310 e. The molecule has 2 heteroatoms. The van der Waals surface area contributed by atoms with Crippen LogP contribution in [0.1, 0.15) is 0 Å². The van der Waals surface area contributed by atoms with Crippen molar-refractivity contribution in [3.05, 3.63) is 224 Å². The lowest BCUT2D eigenvalue weighted by Crippen LogP contribution is -2.10. The van der Waals surface area contributed by atoms with Crippen LogP contribution in [0.5, 0.6) is 0 Å². The summed E-state index contributed by atoms with van der Waals surface area (Å²) in [5.74, 6) is 0. The molecule has 0 unspecified atom stereocenters. The van der Waals surface area contributed by atoms with E-state index in [1.54, 1.807) is 0 Å². The Morgan fingerprint density at radius 2 is 0.850 bits per heavy atom. The van der Waals surface area contributed by atoms with Gasteiger partial charge in [0.25, 0.3) is 0 Å². The molecule has 0 atom stereocenters. The van der Waals surface area contributed by atoms with Crippen molar-refractivity contribution in [3.63, 3.8) is 0 Å². The minimum atomic E-state index is 1.11. The lowest BCUT2D eigenvalue weighted by Gasteiger charge is -2.27. The molecule has 1 aromatic heterocycles. The molecule has 0 N–H and O–H groups in total. The zero-order valence-electron chi connectivity index (χ0n) is 32.7. The van der Waals surface area contributed by atoms with Crippen LogP contribution in [0.2, 0.25) is 0 Å². The van der Waals surface area contributed by atoms with Crippen molar-refractivity contribution in [1.82, 2.24) is 0 Å². The molecule has 0 saturated carbocycles. The summed E-state index contributed by atoms with van der Waals surface area (Å²) in [4.78, 5) is 2.43. The highest BCUT2D eigenvalue weighted by atomic mass is 32.1. The third kappa shape index (κ3) is 5.76. The Morgan fingerprint density at radius 1 is 0.267 bits per heavy atom. The summed E-state index contributed by atoms with van der Waals surface area (Å²) in [6.07, 6.45) is 0. The SMILES string of the molecule is c1ccc(-c2ccc(-c3cccc(N(c4ccc5c(-c6cc7ccccc7c7ccccc67)cccc5c4)c4ccc5sc6c7ccccc7ccc6c5c4)c3)cc2)cc1. The van der Waals surface area contributed by atoms with Crippen molar-refractivity contribution in [3.8, 4) is 33.4 Å². The van der Waals surface area contributed by atoms with E-state index in [4.69, 9.17) is 0 Å². The van der Waals surface area contributed by atoms with Gasteiger partial charge >= 0.3 is 0 Å². The van der Waals surface area contributed by atoms with E-state index < -0.39 is 0 Å². The number of rotatable bonds is 6. The fourth-order valence-electron chi connectivity index (χ4n) is 9.31. The van der Waals surface area contributed by atoms with E-state index in [9.17, 15) is 0 Å². The van der Waals surface area contributed by atoms with Gasteiger partial charge in [-0.05, 0) is 125 Å². The van der Waals surface area contributed by atoms with Crippen molar-refractivity contribution >= 4 is 91.7 Å². The molecule has 0 aliphatic heterocycles. The first-order valence-corrected chi connectivity index (χ1v) is 21.4. The minimum Gasteiger partial charge on any atom is -0.310 e. The summed E-state index contributed by atoms with van der Waals surface area (Å²) in [6, 6.07) is 82.5. The highest BCUT2D eigenvalue weighted by molar-refractivity contribution is 7.26. The summed E-state index contributed by atoms with van der Waals surface area (Å²) in [6.45, 7) is 0. The van der Waals surface area contributed by atoms with E-state index in [0.29, 0.717) is 0 Å². The zero-order chi connectivity index (χ0) is 39.6. The van der Waals surface area contributed by atoms with E-state index >= 15 is 0 Å². The molecule has 0 fully saturated rings. The lowest BCUT2D eigenvalue weighted by atomic mass is 9.90. The number of fused-ring (bicyclic) bond motifs is 9. The van der Waals surface area contributed by atoms with Crippen molar-refractivity contribution in [1.29, 1.82) is 0 Å². The normalized spacial score (nSPS) is 11.7. The third-order valence-corrected chi connectivity index (χ3v) is 13.4. The van der Waals surface area contributed by atoms with Gasteiger partial charge in [0.05, 0.1) is 0 Å². The fourth-order valence-corrected chi connectivity index (χ4v) is 10.5. The average Bonchev–Trinajstić information content (AvgIpc) is 3.70. The molecule has 12 aromatic rings. The van der Waals surface area contributed by atoms with E-state index in [-0.39, 0.29) is 0 Å². The molecule has 0 amide bonds. The first kappa shape index (κ1) is 34.5. The van der Waals surface area contributed by atoms with Crippen molar-refractivity contribution < 1.29 is 0 Å². The predicted octanol–water partition coefficient (Wildman–Crippen LogP) is 17.1. The summed E-state index contributed by atoms with van der Waals surface area (Å²) in [5, 5.41) is 12.7. The molecule has 280 valence electrons. The number of benzene rings is 11. The van der Waals surface area contributed by atoms with Gasteiger partial charge in [-0.3, -0.25) is 0 Å². The first-order valence-electron chi connectivity index (χ1n) is 20.6. The van der Waals surface area contributed by atoms with Crippen LogP contribution in [0.15, 0.2) is 224 Å². The van der Waals surface area contributed by atoms with Crippen LogP contribution in [0, 0.1) is 0 Å². The molecule has 0 saturated heterocycles. The van der Waals surface area contributed by atoms with Gasteiger partial charge in [0.15, 0.2) is 0 Å². The second-order valence-corrected chi connectivity index (χ2v) is 16.7. The maximum Gasteiger partial charge on any atom is 0.0468 e. The fraction of sp³-hybridized carbons (Fsp3) is 0. The van der Waals surface area contributed by atoms with E-state index in [1.807, 2.05) is 11.3 Å². The van der Waals surface area contributed by atoms with Gasteiger partial charge in [-0.15, -0.1) is 11.3 Å². The van der Waals surface area contributed by atoms with Gasteiger partial charge < -0.3 is 4.90 Å². The van der Waals surface area contributed by atoms with Crippen molar-refractivity contribution in [2.45, 2.75) is 0 Å². The van der Waals surface area contributed by atoms with Crippen LogP contribution in [-0.4, -0.2) is 0 Å². The molecule has 0 aliphatic carbocycles. The van der Waals surface area contributed by atoms with E-state index in [1.165, 1.54) is 96.6 Å². The van der Waals surface area contributed by atoms with Crippen molar-refractivity contribution in [2.24, 2.45) is 0 Å². The molecule has 1 nitrogen and oxygen atoms in total. The number of hydrogen-bond donors (Lipinski definition) is 0. The highest BCUT2D eigenvalue weighted by Crippen LogP contribution is 2.45. The van der Waals surface area contributed by atoms with Gasteiger partial charge in [0, 0.05) is 37.2 Å². The summed E-state index contributed by atoms with van der Waals surface area (Å²) >= 11 is 1.89. The van der Waals surface area contributed by atoms with Crippen LogP contribution in [0.25, 0.3) is 96.6 Å². The first-order chi connectivity index (χ1) is 29.7. The zero-order valence-corrected chi connectivity index (χ0v) is 33.5. The van der Waals surface area contributed by atoms with E-state index in [0.717, 1.165) is 17.1 Å². The Labute approximate surface area is 352 Å². The van der Waals surface area contributed by atoms with Crippen LogP contribution in [0.4, 0.5) is 17.1 Å². The molecular formula is C58H37NS. The monoisotopic (exact) mass is 779 g/mol. The summed E-state index contributed by atoms with van der Waals surface area (Å²) in [7, 11) is 0. The Hall–Kier alpha value is -7.52. The molecule has 1 heterocycles. The molecule has 0 aliphatic rings. The maximum atomic E-state index is 2.43. The minimum absolute atomic E-state index is 1.11. The molecular weight excluding hydrogens is 743 g/mol. The van der Waals surface area contributed by atoms with Gasteiger partial charge in [-0.1, -0.05) is 176 Å². The molecule has 12 rings (SSSR count). The molecule has 0 bridgehead atoms. The van der Waals surface area contributed by atoms with Gasteiger partial charge in [0.2, 0.25) is 0 Å². The Bertz CT molecular complexity index is 3600. The van der Waals surface area contributed by atoms with Crippen LogP contribution < -0.4 is 4.90 Å². The summed E-state index contributed by atoms with van der Waals surface area (Å²) in [5.41, 5.74) is 10.7. The highest BCUT2D eigenvalue weighted by Gasteiger charge is 2.18. The van der Waals surface area contributed by atoms with Crippen LogP contribution >= 0.6 is 11.3 Å². The smallest absolute Gasteiger partial charge is 0.0468 e. The Balaban J connectivity index is 1.03. The maximum absolute atomic E-state index is 2.43. The second-order valence-electron chi connectivity index (χ2n) is 15.7. The second kappa shape index (κ2) is 14.1. The average molecular weight is 780 g/mol. The van der Waals surface area contributed by atoms with Gasteiger partial charge in [-0.25, -0.2) is 0 Å². The van der Waals surface area contributed by atoms with Crippen LogP contribution in [0.3, 0.4) is 0 Å². The third-order valence-electron chi connectivity index (χ3n) is 12.2. The van der Waals surface area contributed by atoms with Crippen molar-refractivity contribution in [2.75, 3.05) is 4.90 Å². The van der Waals surface area contributed by atoms with E-state index in [2.05, 4.69) is 229 Å². The quantitative estimate of drug-likeness (QED) is 0.152.